The molecule has 0 bridgehead atoms. The molecule has 0 aliphatic carbocycles. The van der Waals surface area contributed by atoms with Crippen molar-refractivity contribution in [3.8, 4) is 0 Å². The van der Waals surface area contributed by atoms with Crippen molar-refractivity contribution >= 4 is 11.8 Å². The SMILES string of the molecule is CCCNCCCC[C@H](NC(C)=O)C(=O)NCc1ccccc1. The predicted molar refractivity (Wildman–Crippen MR) is 92.9 cm³/mol. The molecule has 0 aliphatic rings. The third kappa shape index (κ3) is 8.98. The van der Waals surface area contributed by atoms with Crippen LogP contribution in [0, 0.1) is 0 Å². The Morgan fingerprint density at radius 2 is 1.83 bits per heavy atom. The molecule has 3 N–H and O–H groups in total. The first-order chi connectivity index (χ1) is 11.1. The van der Waals surface area contributed by atoms with Gasteiger partial charge in [0.15, 0.2) is 0 Å². The van der Waals surface area contributed by atoms with Crippen molar-refractivity contribution in [3.63, 3.8) is 0 Å². The summed E-state index contributed by atoms with van der Waals surface area (Å²) in [4.78, 5) is 23.6. The van der Waals surface area contributed by atoms with E-state index in [0.717, 1.165) is 37.9 Å². The molecule has 0 spiro atoms. The van der Waals surface area contributed by atoms with Crippen LogP contribution in [0.15, 0.2) is 30.3 Å². The van der Waals surface area contributed by atoms with Crippen LogP contribution < -0.4 is 16.0 Å². The number of amides is 2. The number of carbonyl (C=O) groups is 2. The highest BCUT2D eigenvalue weighted by atomic mass is 16.2. The fourth-order valence-corrected chi connectivity index (χ4v) is 2.32. The minimum Gasteiger partial charge on any atom is -0.350 e. The highest BCUT2D eigenvalue weighted by Gasteiger charge is 2.18. The van der Waals surface area contributed by atoms with Gasteiger partial charge in [-0.1, -0.05) is 37.3 Å². The van der Waals surface area contributed by atoms with E-state index in [1.165, 1.54) is 6.92 Å². The molecule has 23 heavy (non-hydrogen) atoms. The molecular formula is C18H29N3O2. The zero-order valence-corrected chi connectivity index (χ0v) is 14.2. The topological polar surface area (TPSA) is 70.2 Å². The van der Waals surface area contributed by atoms with Gasteiger partial charge in [-0.25, -0.2) is 0 Å². The number of hydrogen-bond acceptors (Lipinski definition) is 3. The molecule has 2 amide bonds. The Labute approximate surface area is 139 Å². The first-order valence-corrected chi connectivity index (χ1v) is 8.43. The maximum Gasteiger partial charge on any atom is 0.242 e. The lowest BCUT2D eigenvalue weighted by atomic mass is 10.1. The lowest BCUT2D eigenvalue weighted by Crippen LogP contribution is -2.45. The Bertz CT molecular complexity index is 463. The van der Waals surface area contributed by atoms with Crippen molar-refractivity contribution in [1.82, 2.24) is 16.0 Å². The van der Waals surface area contributed by atoms with Gasteiger partial charge in [0.05, 0.1) is 0 Å². The summed E-state index contributed by atoms with van der Waals surface area (Å²) in [6, 6.07) is 9.30. The highest BCUT2D eigenvalue weighted by Crippen LogP contribution is 2.03. The largest absolute Gasteiger partial charge is 0.350 e. The van der Waals surface area contributed by atoms with E-state index in [1.54, 1.807) is 0 Å². The summed E-state index contributed by atoms with van der Waals surface area (Å²) < 4.78 is 0. The molecule has 0 unspecified atom stereocenters. The fourth-order valence-electron chi connectivity index (χ4n) is 2.32. The van der Waals surface area contributed by atoms with Gasteiger partial charge in [-0.05, 0) is 44.3 Å². The summed E-state index contributed by atoms with van der Waals surface area (Å²) in [5, 5.41) is 8.98. The average molecular weight is 319 g/mol. The van der Waals surface area contributed by atoms with E-state index in [-0.39, 0.29) is 11.8 Å². The fraction of sp³-hybridized carbons (Fsp3) is 0.556. The second kappa shape index (κ2) is 11.7. The quantitative estimate of drug-likeness (QED) is 0.546. The molecule has 1 aromatic rings. The number of hydrogen-bond donors (Lipinski definition) is 3. The highest BCUT2D eigenvalue weighted by molar-refractivity contribution is 5.86. The molecular weight excluding hydrogens is 290 g/mol. The van der Waals surface area contributed by atoms with Crippen molar-refractivity contribution in [3.05, 3.63) is 35.9 Å². The maximum atomic E-state index is 12.3. The van der Waals surface area contributed by atoms with Crippen molar-refractivity contribution < 1.29 is 9.59 Å². The van der Waals surface area contributed by atoms with E-state index in [9.17, 15) is 9.59 Å². The van der Waals surface area contributed by atoms with Crippen molar-refractivity contribution in [2.24, 2.45) is 0 Å². The second-order valence-corrected chi connectivity index (χ2v) is 5.70. The number of unbranched alkanes of at least 4 members (excludes halogenated alkanes) is 1. The Balaban J connectivity index is 2.36. The van der Waals surface area contributed by atoms with Crippen LogP contribution in [0.2, 0.25) is 0 Å². The lowest BCUT2D eigenvalue weighted by molar-refractivity contribution is -0.128. The minimum atomic E-state index is -0.456. The zero-order chi connectivity index (χ0) is 16.9. The summed E-state index contributed by atoms with van der Waals surface area (Å²) in [5.74, 6) is -0.292. The van der Waals surface area contributed by atoms with Crippen molar-refractivity contribution in [2.45, 2.75) is 52.1 Å². The second-order valence-electron chi connectivity index (χ2n) is 5.70. The molecule has 0 saturated heterocycles. The standard InChI is InChI=1S/C18H29N3O2/c1-3-12-19-13-8-7-11-17(21-15(2)22)18(23)20-14-16-9-5-4-6-10-16/h4-6,9-10,17,19H,3,7-8,11-14H2,1-2H3,(H,20,23)(H,21,22)/t17-/m0/s1. The lowest BCUT2D eigenvalue weighted by Gasteiger charge is -2.17. The van der Waals surface area contributed by atoms with Gasteiger partial charge in [-0.3, -0.25) is 9.59 Å². The minimum absolute atomic E-state index is 0.120. The molecule has 5 nitrogen and oxygen atoms in total. The van der Waals surface area contributed by atoms with Gasteiger partial charge in [-0.2, -0.15) is 0 Å². The van der Waals surface area contributed by atoms with E-state index in [0.29, 0.717) is 13.0 Å². The smallest absolute Gasteiger partial charge is 0.242 e. The van der Waals surface area contributed by atoms with Crippen LogP contribution in [-0.4, -0.2) is 30.9 Å². The summed E-state index contributed by atoms with van der Waals surface area (Å²) in [6.45, 7) is 6.03. The molecule has 1 rings (SSSR count). The van der Waals surface area contributed by atoms with Crippen molar-refractivity contribution in [2.75, 3.05) is 13.1 Å². The number of carbonyl (C=O) groups excluding carboxylic acids is 2. The van der Waals surface area contributed by atoms with Crippen LogP contribution in [0.1, 0.15) is 45.1 Å². The number of nitrogens with one attached hydrogen (secondary N) is 3. The van der Waals surface area contributed by atoms with Gasteiger partial charge >= 0.3 is 0 Å². The number of benzene rings is 1. The van der Waals surface area contributed by atoms with Crippen LogP contribution in [0.5, 0.6) is 0 Å². The van der Waals surface area contributed by atoms with Crippen LogP contribution in [0.4, 0.5) is 0 Å². The van der Waals surface area contributed by atoms with Crippen molar-refractivity contribution in [1.29, 1.82) is 0 Å². The zero-order valence-electron chi connectivity index (χ0n) is 14.2. The predicted octanol–water partition coefficient (Wildman–Crippen LogP) is 1.98. The first kappa shape index (κ1) is 19.2. The van der Waals surface area contributed by atoms with Crippen LogP contribution >= 0.6 is 0 Å². The van der Waals surface area contributed by atoms with Gasteiger partial charge in [0.25, 0.3) is 0 Å². The molecule has 1 aromatic carbocycles. The third-order valence-electron chi connectivity index (χ3n) is 3.53. The summed E-state index contributed by atoms with van der Waals surface area (Å²) in [5.41, 5.74) is 1.05. The molecule has 0 aliphatic heterocycles. The monoisotopic (exact) mass is 319 g/mol. The van der Waals surface area contributed by atoms with Gasteiger partial charge in [0.1, 0.15) is 6.04 Å². The third-order valence-corrected chi connectivity index (χ3v) is 3.53. The van der Waals surface area contributed by atoms with Gasteiger partial charge in [0, 0.05) is 13.5 Å². The van der Waals surface area contributed by atoms with Crippen LogP contribution in [0.3, 0.4) is 0 Å². The summed E-state index contributed by atoms with van der Waals surface area (Å²) >= 11 is 0. The van der Waals surface area contributed by atoms with Crippen LogP contribution in [0.25, 0.3) is 0 Å². The van der Waals surface area contributed by atoms with E-state index in [2.05, 4.69) is 22.9 Å². The van der Waals surface area contributed by atoms with E-state index < -0.39 is 6.04 Å². The maximum absolute atomic E-state index is 12.3. The Kier molecular flexibility index (Phi) is 9.71. The Morgan fingerprint density at radius 3 is 2.48 bits per heavy atom. The molecule has 0 saturated carbocycles. The Hall–Kier alpha value is -1.88. The summed E-state index contributed by atoms with van der Waals surface area (Å²) in [6.07, 6.45) is 3.69. The molecule has 0 heterocycles. The normalized spacial score (nSPS) is 11.7. The Morgan fingerprint density at radius 1 is 1.09 bits per heavy atom. The molecule has 0 radical (unpaired) electrons. The molecule has 0 aromatic heterocycles. The molecule has 1 atom stereocenters. The first-order valence-electron chi connectivity index (χ1n) is 8.43. The molecule has 0 fully saturated rings. The van der Waals surface area contributed by atoms with E-state index >= 15 is 0 Å². The van der Waals surface area contributed by atoms with E-state index in [1.807, 2.05) is 30.3 Å². The van der Waals surface area contributed by atoms with Gasteiger partial charge < -0.3 is 16.0 Å². The van der Waals surface area contributed by atoms with Gasteiger partial charge in [-0.15, -0.1) is 0 Å². The molecule has 128 valence electrons. The van der Waals surface area contributed by atoms with Gasteiger partial charge in [0.2, 0.25) is 11.8 Å². The van der Waals surface area contributed by atoms with Crippen LogP contribution in [-0.2, 0) is 16.1 Å². The summed E-state index contributed by atoms with van der Waals surface area (Å²) in [7, 11) is 0. The van der Waals surface area contributed by atoms with E-state index in [4.69, 9.17) is 0 Å². The molecule has 5 heteroatoms. The number of rotatable bonds is 11. The average Bonchev–Trinajstić information content (AvgIpc) is 2.55.